The highest BCUT2D eigenvalue weighted by Crippen LogP contribution is 2.15. The van der Waals surface area contributed by atoms with E-state index in [1.807, 2.05) is 12.5 Å². The van der Waals surface area contributed by atoms with Crippen LogP contribution in [0.2, 0.25) is 0 Å². The lowest BCUT2D eigenvalue weighted by Gasteiger charge is -2.10. The molecule has 0 radical (unpaired) electrons. The van der Waals surface area contributed by atoms with Crippen LogP contribution in [-0.2, 0) is 9.57 Å². The van der Waals surface area contributed by atoms with Gasteiger partial charge in [-0.3, -0.25) is 0 Å². The van der Waals surface area contributed by atoms with Gasteiger partial charge in [0.15, 0.2) is 0 Å². The average Bonchev–Trinajstić information content (AvgIpc) is 2.92. The van der Waals surface area contributed by atoms with Crippen LogP contribution in [0.15, 0.2) is 17.5 Å². The predicted molar refractivity (Wildman–Crippen MR) is 167 cm³/mol. The molecule has 0 bridgehead atoms. The number of allylic oxidation sites excluding steroid dienone is 1. The van der Waals surface area contributed by atoms with E-state index in [2.05, 4.69) is 25.1 Å². The van der Waals surface area contributed by atoms with Crippen LogP contribution in [0.25, 0.3) is 0 Å². The molecule has 1 N–H and O–H groups in total. The van der Waals surface area contributed by atoms with Gasteiger partial charge >= 0.3 is 0 Å². The molecule has 1 unspecified atom stereocenters. The molecule has 1 atom stereocenters. The third-order valence-corrected chi connectivity index (χ3v) is 7.33. The summed E-state index contributed by atoms with van der Waals surface area (Å²) in [6, 6.07) is 0. The van der Waals surface area contributed by atoms with Gasteiger partial charge in [0.05, 0.1) is 19.0 Å². The van der Waals surface area contributed by atoms with Gasteiger partial charge in [-0.25, -0.2) is 0 Å². The molecule has 0 aliphatic heterocycles. The monoisotopic (exact) mass is 538 g/mol. The van der Waals surface area contributed by atoms with Gasteiger partial charge in [0.25, 0.3) is 0 Å². The molecule has 0 saturated heterocycles. The lowest BCUT2D eigenvalue weighted by molar-refractivity contribution is 0.140. The Balaban J connectivity index is 3.22. The fourth-order valence-electron chi connectivity index (χ4n) is 4.74. The Morgan fingerprint density at radius 3 is 1.63 bits per heavy atom. The number of oxime groups is 1. The summed E-state index contributed by atoms with van der Waals surface area (Å²) in [5.74, 6) is 0. The first-order valence-corrected chi connectivity index (χ1v) is 16.9. The van der Waals surface area contributed by atoms with Crippen LogP contribution < -0.4 is 0 Å². The summed E-state index contributed by atoms with van der Waals surface area (Å²) in [4.78, 5) is 5.32. The summed E-state index contributed by atoms with van der Waals surface area (Å²) in [6.07, 6.45) is 38.0. The highest BCUT2D eigenvalue weighted by molar-refractivity contribution is 5.56. The number of ether oxygens (including phenoxy) is 1. The highest BCUT2D eigenvalue weighted by atomic mass is 16.6. The van der Waals surface area contributed by atoms with E-state index in [9.17, 15) is 5.11 Å². The van der Waals surface area contributed by atoms with Gasteiger partial charge in [0.2, 0.25) is 0 Å². The van der Waals surface area contributed by atoms with Crippen molar-refractivity contribution in [2.45, 2.75) is 187 Å². The maximum Gasteiger partial charge on any atom is 0.117 e. The van der Waals surface area contributed by atoms with E-state index in [0.717, 1.165) is 45.3 Å². The van der Waals surface area contributed by atoms with Gasteiger partial charge in [-0.05, 0) is 63.9 Å². The minimum atomic E-state index is -0.0883. The first-order chi connectivity index (χ1) is 18.8. The molecule has 0 spiro atoms. The van der Waals surface area contributed by atoms with Gasteiger partial charge < -0.3 is 14.7 Å². The second-order valence-corrected chi connectivity index (χ2v) is 11.2. The maximum atomic E-state index is 10.2. The van der Waals surface area contributed by atoms with Gasteiger partial charge in [-0.1, -0.05) is 128 Å². The maximum absolute atomic E-state index is 10.2. The van der Waals surface area contributed by atoms with Crippen LogP contribution in [0.3, 0.4) is 0 Å². The molecule has 0 fully saturated rings. The summed E-state index contributed by atoms with van der Waals surface area (Å²) < 4.78 is 5.57. The zero-order valence-electron chi connectivity index (χ0n) is 25.8. The molecule has 0 aromatic heterocycles. The van der Waals surface area contributed by atoms with E-state index in [0.29, 0.717) is 0 Å². The van der Waals surface area contributed by atoms with Crippen LogP contribution in [-0.4, -0.2) is 30.6 Å². The summed E-state index contributed by atoms with van der Waals surface area (Å²) in [5, 5.41) is 14.3. The Kier molecular flexibility index (Phi) is 33.1. The fourth-order valence-corrected chi connectivity index (χ4v) is 4.74. The van der Waals surface area contributed by atoms with E-state index >= 15 is 0 Å². The highest BCUT2D eigenvalue weighted by Gasteiger charge is 2.03. The minimum absolute atomic E-state index is 0.0883. The first-order valence-electron chi connectivity index (χ1n) is 16.9. The number of hydrogen-bond donors (Lipinski definition) is 1. The summed E-state index contributed by atoms with van der Waals surface area (Å²) in [5.41, 5.74) is 0. The van der Waals surface area contributed by atoms with Gasteiger partial charge in [-0.2, -0.15) is 0 Å². The smallest absolute Gasteiger partial charge is 0.117 e. The molecular formula is C34H67NO3. The lowest BCUT2D eigenvalue weighted by atomic mass is 10.0. The molecule has 0 aromatic rings. The quantitative estimate of drug-likeness (QED) is 0.0402. The number of aliphatic hydroxyl groups is 1. The van der Waals surface area contributed by atoms with E-state index in [-0.39, 0.29) is 6.10 Å². The van der Waals surface area contributed by atoms with Gasteiger partial charge in [0, 0.05) is 6.21 Å². The molecule has 0 saturated carbocycles. The Labute approximate surface area is 238 Å². The van der Waals surface area contributed by atoms with Crippen molar-refractivity contribution in [1.29, 1.82) is 0 Å². The number of nitrogens with zero attached hydrogens (tertiary/aromatic N) is 1. The third-order valence-electron chi connectivity index (χ3n) is 7.33. The second-order valence-electron chi connectivity index (χ2n) is 11.2. The lowest BCUT2D eigenvalue weighted by Crippen LogP contribution is -2.05. The van der Waals surface area contributed by atoms with Gasteiger partial charge in [-0.15, -0.1) is 0 Å². The molecule has 4 nitrogen and oxygen atoms in total. The van der Waals surface area contributed by atoms with Crippen molar-refractivity contribution in [3.63, 3.8) is 0 Å². The standard InChI is InChI=1S/C34H67NO3/c1-3-5-7-19-25-31-37-32-26-21-15-10-9-12-16-22-28-34(36)29-23-17-13-11-14-18-24-30-35-38-33-27-20-8-6-4-2/h26,30,32,34,36H,3-25,27-29,31,33H2,1-2H3/b32-26+,35-30+. The largest absolute Gasteiger partial charge is 0.502 e. The average molecular weight is 538 g/mol. The molecule has 0 aromatic carbocycles. The van der Waals surface area contributed by atoms with Crippen molar-refractivity contribution in [2.24, 2.45) is 5.16 Å². The van der Waals surface area contributed by atoms with E-state index in [1.54, 1.807) is 0 Å². The molecule has 0 aliphatic carbocycles. The Morgan fingerprint density at radius 2 is 1.03 bits per heavy atom. The molecule has 0 aliphatic rings. The topological polar surface area (TPSA) is 51.0 Å². The van der Waals surface area contributed by atoms with Crippen molar-refractivity contribution in [1.82, 2.24) is 0 Å². The van der Waals surface area contributed by atoms with Gasteiger partial charge in [0.1, 0.15) is 6.61 Å². The predicted octanol–water partition coefficient (Wildman–Crippen LogP) is 11.1. The number of aliphatic hydroxyl groups excluding tert-OH is 1. The minimum Gasteiger partial charge on any atom is -0.502 e. The molecule has 0 amide bonds. The Hall–Kier alpha value is -1.03. The molecule has 0 heterocycles. The van der Waals surface area contributed by atoms with E-state index in [1.165, 1.54) is 135 Å². The summed E-state index contributed by atoms with van der Waals surface area (Å²) in [7, 11) is 0. The van der Waals surface area contributed by atoms with E-state index < -0.39 is 0 Å². The van der Waals surface area contributed by atoms with E-state index in [4.69, 9.17) is 9.57 Å². The Bertz CT molecular complexity index is 438. The normalized spacial score (nSPS) is 12.6. The SMILES string of the molecule is CCCCCCCO/C=C/CCCCCCCCC(O)CCCCCCCC/C=N/OCCCCCCC. The molecule has 4 heteroatoms. The number of rotatable bonds is 32. The van der Waals surface area contributed by atoms with Crippen LogP contribution in [0.5, 0.6) is 0 Å². The Morgan fingerprint density at radius 1 is 0.553 bits per heavy atom. The van der Waals surface area contributed by atoms with Crippen molar-refractivity contribution in [3.05, 3.63) is 12.3 Å². The fraction of sp³-hybridized carbons (Fsp3) is 0.912. The van der Waals surface area contributed by atoms with Crippen LogP contribution in [0, 0.1) is 0 Å². The van der Waals surface area contributed by atoms with Crippen LogP contribution in [0.4, 0.5) is 0 Å². The second kappa shape index (κ2) is 34.0. The molecule has 226 valence electrons. The zero-order chi connectivity index (χ0) is 27.6. The van der Waals surface area contributed by atoms with Crippen LogP contribution in [0.1, 0.15) is 181 Å². The summed E-state index contributed by atoms with van der Waals surface area (Å²) >= 11 is 0. The van der Waals surface area contributed by atoms with Crippen molar-refractivity contribution < 1.29 is 14.7 Å². The first kappa shape index (κ1) is 37.0. The molecular weight excluding hydrogens is 470 g/mol. The van der Waals surface area contributed by atoms with Crippen molar-refractivity contribution in [3.8, 4) is 0 Å². The van der Waals surface area contributed by atoms with Crippen molar-refractivity contribution >= 4 is 6.21 Å². The molecule has 38 heavy (non-hydrogen) atoms. The molecule has 0 rings (SSSR count). The van der Waals surface area contributed by atoms with Crippen LogP contribution >= 0.6 is 0 Å². The zero-order valence-corrected chi connectivity index (χ0v) is 25.8. The van der Waals surface area contributed by atoms with Crippen molar-refractivity contribution in [2.75, 3.05) is 13.2 Å². The summed E-state index contributed by atoms with van der Waals surface area (Å²) in [6.45, 7) is 6.13. The number of unbranched alkanes of at least 4 members (excludes halogenated alkanes) is 20. The third kappa shape index (κ3) is 33.0. The number of hydrogen-bond acceptors (Lipinski definition) is 4.